The van der Waals surface area contributed by atoms with Crippen LogP contribution in [0.4, 0.5) is 9.18 Å². The minimum atomic E-state index is -0.277. The molecule has 6 heteroatoms. The Kier molecular flexibility index (Phi) is 3.67. The van der Waals surface area contributed by atoms with Crippen molar-refractivity contribution in [2.24, 2.45) is 0 Å². The number of halogens is 1. The van der Waals surface area contributed by atoms with Gasteiger partial charge in [0.15, 0.2) is 0 Å². The monoisotopic (exact) mass is 316 g/mol. The van der Waals surface area contributed by atoms with Gasteiger partial charge in [0.25, 0.3) is 0 Å². The third-order valence-corrected chi connectivity index (χ3v) is 4.90. The number of aromatic amines is 1. The molecule has 0 bridgehead atoms. The van der Waals surface area contributed by atoms with Crippen molar-refractivity contribution >= 4 is 17.1 Å². The lowest BCUT2D eigenvalue weighted by Crippen LogP contribution is -2.46. The van der Waals surface area contributed by atoms with E-state index in [1.54, 1.807) is 6.07 Å². The van der Waals surface area contributed by atoms with Gasteiger partial charge in [-0.1, -0.05) is 0 Å². The molecule has 0 spiro atoms. The number of nitrogens with zero attached hydrogens (tertiary/aromatic N) is 3. The molecule has 2 amide bonds. The van der Waals surface area contributed by atoms with Crippen molar-refractivity contribution in [2.75, 3.05) is 19.6 Å². The fourth-order valence-corrected chi connectivity index (χ4v) is 3.69. The lowest BCUT2D eigenvalue weighted by molar-refractivity contribution is 0.119. The smallest absolute Gasteiger partial charge is 0.320 e. The molecule has 1 aromatic carbocycles. The second kappa shape index (κ2) is 5.83. The minimum absolute atomic E-state index is 0.0349. The Morgan fingerprint density at radius 3 is 2.78 bits per heavy atom. The average Bonchev–Trinajstić information content (AvgIpc) is 3.23. The number of aromatic nitrogens is 2. The van der Waals surface area contributed by atoms with Crippen molar-refractivity contribution in [1.82, 2.24) is 19.8 Å². The zero-order valence-electron chi connectivity index (χ0n) is 13.1. The summed E-state index contributed by atoms with van der Waals surface area (Å²) in [6.07, 6.45) is 5.20. The summed E-state index contributed by atoms with van der Waals surface area (Å²) < 4.78 is 13.4. The number of likely N-dealkylation sites (tertiary alicyclic amines) is 2. The van der Waals surface area contributed by atoms with Crippen LogP contribution >= 0.6 is 0 Å². The summed E-state index contributed by atoms with van der Waals surface area (Å²) in [5, 5.41) is 0. The lowest BCUT2D eigenvalue weighted by Gasteiger charge is -2.37. The molecule has 0 aliphatic carbocycles. The largest absolute Gasteiger partial charge is 0.340 e. The summed E-state index contributed by atoms with van der Waals surface area (Å²) in [5.41, 5.74) is 1.44. The molecule has 2 aliphatic heterocycles. The van der Waals surface area contributed by atoms with Gasteiger partial charge in [0.1, 0.15) is 11.6 Å². The van der Waals surface area contributed by atoms with Gasteiger partial charge in [-0.3, -0.25) is 0 Å². The Bertz CT molecular complexity index is 722. The highest BCUT2D eigenvalue weighted by Gasteiger charge is 2.33. The fraction of sp³-hybridized carbons (Fsp3) is 0.529. The van der Waals surface area contributed by atoms with Gasteiger partial charge in [0.05, 0.1) is 17.1 Å². The third-order valence-electron chi connectivity index (χ3n) is 4.90. The van der Waals surface area contributed by atoms with E-state index in [0.717, 1.165) is 63.1 Å². The molecule has 2 fully saturated rings. The standard InChI is InChI=1S/C17H21FN4O/c18-12-6-7-13-14(11-12)20-16(19-13)15-5-1-2-10-22(15)17(23)21-8-3-4-9-21/h6-7,11,15H,1-5,8-10H2,(H,19,20)/t15-/m0/s1. The van der Waals surface area contributed by atoms with Gasteiger partial charge >= 0.3 is 6.03 Å². The van der Waals surface area contributed by atoms with E-state index in [0.29, 0.717) is 5.52 Å². The van der Waals surface area contributed by atoms with Gasteiger partial charge in [-0.05, 0) is 50.3 Å². The first-order valence-corrected chi connectivity index (χ1v) is 8.43. The van der Waals surface area contributed by atoms with E-state index in [2.05, 4.69) is 9.97 Å². The van der Waals surface area contributed by atoms with Crippen molar-refractivity contribution in [3.63, 3.8) is 0 Å². The van der Waals surface area contributed by atoms with Gasteiger partial charge < -0.3 is 14.8 Å². The normalized spacial score (nSPS) is 22.0. The molecule has 2 aromatic rings. The first-order valence-electron chi connectivity index (χ1n) is 8.43. The number of nitrogens with one attached hydrogen (secondary N) is 1. The lowest BCUT2D eigenvalue weighted by atomic mass is 10.0. The molecule has 0 unspecified atom stereocenters. The Hall–Kier alpha value is -2.11. The highest BCUT2D eigenvalue weighted by atomic mass is 19.1. The van der Waals surface area contributed by atoms with Crippen LogP contribution in [0.5, 0.6) is 0 Å². The number of hydrogen-bond acceptors (Lipinski definition) is 2. The maximum Gasteiger partial charge on any atom is 0.320 e. The predicted octanol–water partition coefficient (Wildman–Crippen LogP) is 3.44. The van der Waals surface area contributed by atoms with Crippen LogP contribution in [0.3, 0.4) is 0 Å². The molecule has 1 atom stereocenters. The number of urea groups is 1. The van der Waals surface area contributed by atoms with Gasteiger partial charge in [0, 0.05) is 19.6 Å². The zero-order valence-corrected chi connectivity index (χ0v) is 13.1. The number of amides is 2. The summed E-state index contributed by atoms with van der Waals surface area (Å²) in [4.78, 5) is 24.5. The number of H-pyrrole nitrogens is 1. The number of benzene rings is 1. The van der Waals surface area contributed by atoms with E-state index in [1.807, 2.05) is 9.80 Å². The van der Waals surface area contributed by atoms with E-state index >= 15 is 0 Å². The van der Waals surface area contributed by atoms with E-state index < -0.39 is 0 Å². The maximum absolute atomic E-state index is 13.4. The van der Waals surface area contributed by atoms with Gasteiger partial charge in [-0.25, -0.2) is 14.2 Å². The molecule has 5 nitrogen and oxygen atoms in total. The molecule has 3 heterocycles. The molecular formula is C17H21FN4O. The van der Waals surface area contributed by atoms with Crippen molar-refractivity contribution in [3.8, 4) is 0 Å². The number of hydrogen-bond donors (Lipinski definition) is 1. The molecule has 1 N–H and O–H groups in total. The van der Waals surface area contributed by atoms with Crippen LogP contribution < -0.4 is 0 Å². The Morgan fingerprint density at radius 1 is 1.17 bits per heavy atom. The first kappa shape index (κ1) is 14.5. The molecule has 0 radical (unpaired) electrons. The summed E-state index contributed by atoms with van der Waals surface area (Å²) in [6, 6.07) is 4.65. The number of piperidine rings is 1. The minimum Gasteiger partial charge on any atom is -0.340 e. The van der Waals surface area contributed by atoms with Crippen molar-refractivity contribution in [1.29, 1.82) is 0 Å². The Balaban J connectivity index is 1.64. The Labute approximate surface area is 134 Å². The van der Waals surface area contributed by atoms with E-state index in [9.17, 15) is 9.18 Å². The van der Waals surface area contributed by atoms with Crippen LogP contribution in [-0.2, 0) is 0 Å². The Morgan fingerprint density at radius 2 is 1.96 bits per heavy atom. The summed E-state index contributed by atoms with van der Waals surface area (Å²) in [7, 11) is 0. The average molecular weight is 316 g/mol. The highest BCUT2D eigenvalue weighted by molar-refractivity contribution is 5.77. The van der Waals surface area contributed by atoms with E-state index in [-0.39, 0.29) is 17.9 Å². The number of carbonyl (C=O) groups excluding carboxylic acids is 1. The number of fused-ring (bicyclic) bond motifs is 1. The topological polar surface area (TPSA) is 52.2 Å². The summed E-state index contributed by atoms with van der Waals surface area (Å²) >= 11 is 0. The molecule has 2 saturated heterocycles. The summed E-state index contributed by atoms with van der Waals surface area (Å²) in [5.74, 6) is 0.499. The SMILES string of the molecule is O=C(N1CCCC1)N1CCCC[C@H]1c1nc2ccc(F)cc2[nH]1. The third kappa shape index (κ3) is 2.66. The second-order valence-corrected chi connectivity index (χ2v) is 6.47. The van der Waals surface area contributed by atoms with Crippen LogP contribution in [0, 0.1) is 5.82 Å². The van der Waals surface area contributed by atoms with Crippen LogP contribution in [-0.4, -0.2) is 45.4 Å². The van der Waals surface area contributed by atoms with Crippen molar-refractivity contribution < 1.29 is 9.18 Å². The molecule has 0 saturated carbocycles. The fourth-order valence-electron chi connectivity index (χ4n) is 3.69. The molecule has 4 rings (SSSR count). The van der Waals surface area contributed by atoms with Gasteiger partial charge in [-0.15, -0.1) is 0 Å². The quantitative estimate of drug-likeness (QED) is 0.876. The van der Waals surface area contributed by atoms with Crippen LogP contribution in [0.1, 0.15) is 44.0 Å². The molecule has 2 aliphatic rings. The number of carbonyl (C=O) groups is 1. The van der Waals surface area contributed by atoms with E-state index in [1.165, 1.54) is 12.1 Å². The molecule has 122 valence electrons. The zero-order chi connectivity index (χ0) is 15.8. The van der Waals surface area contributed by atoms with Crippen molar-refractivity contribution in [3.05, 3.63) is 29.8 Å². The molecule has 1 aromatic heterocycles. The van der Waals surface area contributed by atoms with Crippen molar-refractivity contribution in [2.45, 2.75) is 38.1 Å². The first-order chi connectivity index (χ1) is 11.2. The molecular weight excluding hydrogens is 295 g/mol. The summed E-state index contributed by atoms with van der Waals surface area (Å²) in [6.45, 7) is 2.48. The van der Waals surface area contributed by atoms with Gasteiger partial charge in [0.2, 0.25) is 0 Å². The van der Waals surface area contributed by atoms with E-state index in [4.69, 9.17) is 0 Å². The predicted molar refractivity (Wildman–Crippen MR) is 85.6 cm³/mol. The molecule has 23 heavy (non-hydrogen) atoms. The highest BCUT2D eigenvalue weighted by Crippen LogP contribution is 2.32. The van der Waals surface area contributed by atoms with Gasteiger partial charge in [-0.2, -0.15) is 0 Å². The number of rotatable bonds is 1. The van der Waals surface area contributed by atoms with Crippen LogP contribution in [0.25, 0.3) is 11.0 Å². The van der Waals surface area contributed by atoms with Crippen LogP contribution in [0.2, 0.25) is 0 Å². The maximum atomic E-state index is 13.4. The van der Waals surface area contributed by atoms with Crippen LogP contribution in [0.15, 0.2) is 18.2 Å². The number of imidazole rings is 1. The second-order valence-electron chi connectivity index (χ2n) is 6.47.